The molecule has 1 heterocycles. The Bertz CT molecular complexity index is 943. The van der Waals surface area contributed by atoms with E-state index in [2.05, 4.69) is 4.98 Å². The third kappa shape index (κ3) is 2.78. The second-order valence-electron chi connectivity index (χ2n) is 5.05. The maximum Gasteiger partial charge on any atom is 0.337 e. The summed E-state index contributed by atoms with van der Waals surface area (Å²) in [5, 5.41) is 0.850. The quantitative estimate of drug-likeness (QED) is 0.656. The minimum Gasteiger partial charge on any atom is -0.497 e. The number of carbonyl (C=O) groups excluding carboxylic acids is 1. The van der Waals surface area contributed by atoms with Gasteiger partial charge in [-0.25, -0.2) is 9.18 Å². The minimum absolute atomic E-state index is 0.286. The third-order valence-corrected chi connectivity index (χ3v) is 3.97. The molecule has 0 saturated heterocycles. The number of nitrogens with zero attached hydrogens (tertiary/aromatic N) is 1. The van der Waals surface area contributed by atoms with Crippen LogP contribution in [-0.2, 0) is 4.74 Å². The van der Waals surface area contributed by atoms with Gasteiger partial charge in [-0.2, -0.15) is 0 Å². The minimum atomic E-state index is -0.488. The molecular formula is C18H13ClFNO3. The van der Waals surface area contributed by atoms with Gasteiger partial charge in [0.1, 0.15) is 11.6 Å². The molecule has 122 valence electrons. The van der Waals surface area contributed by atoms with Crippen LogP contribution in [0.4, 0.5) is 4.39 Å². The number of pyridine rings is 1. The van der Waals surface area contributed by atoms with Crippen LogP contribution < -0.4 is 4.74 Å². The fourth-order valence-corrected chi connectivity index (χ4v) is 2.76. The van der Waals surface area contributed by atoms with Crippen LogP contribution in [0, 0.1) is 5.82 Å². The molecule has 2 aromatic carbocycles. The van der Waals surface area contributed by atoms with Crippen LogP contribution >= 0.6 is 11.6 Å². The monoisotopic (exact) mass is 345 g/mol. The molecule has 0 aliphatic carbocycles. The number of hydrogen-bond acceptors (Lipinski definition) is 4. The summed E-state index contributed by atoms with van der Waals surface area (Å²) < 4.78 is 24.3. The number of benzene rings is 2. The lowest BCUT2D eigenvalue weighted by molar-refractivity contribution is 0.0601. The van der Waals surface area contributed by atoms with Gasteiger partial charge in [-0.05, 0) is 30.3 Å². The molecule has 0 aliphatic heterocycles. The molecule has 6 heteroatoms. The molecule has 0 fully saturated rings. The molecule has 3 aromatic rings. The first kappa shape index (κ1) is 16.2. The van der Waals surface area contributed by atoms with E-state index in [1.807, 2.05) is 0 Å². The maximum atomic E-state index is 14.5. The predicted octanol–water partition coefficient (Wildman–Crippen LogP) is 4.49. The van der Waals surface area contributed by atoms with Crippen molar-refractivity contribution in [1.82, 2.24) is 4.98 Å². The Labute approximate surface area is 142 Å². The van der Waals surface area contributed by atoms with Crippen LogP contribution in [-0.4, -0.2) is 25.2 Å². The topological polar surface area (TPSA) is 48.4 Å². The summed E-state index contributed by atoms with van der Waals surface area (Å²) in [7, 11) is 2.76. The average molecular weight is 346 g/mol. The number of ether oxygens (including phenoxy) is 2. The van der Waals surface area contributed by atoms with Gasteiger partial charge in [-0.1, -0.05) is 11.6 Å². The van der Waals surface area contributed by atoms with Crippen LogP contribution in [0.3, 0.4) is 0 Å². The first-order valence-corrected chi connectivity index (χ1v) is 7.43. The van der Waals surface area contributed by atoms with E-state index >= 15 is 0 Å². The van der Waals surface area contributed by atoms with Gasteiger partial charge in [0.15, 0.2) is 0 Å². The van der Waals surface area contributed by atoms with E-state index in [1.54, 1.807) is 30.3 Å². The van der Waals surface area contributed by atoms with Gasteiger partial charge in [0, 0.05) is 28.8 Å². The molecule has 4 nitrogen and oxygen atoms in total. The lowest BCUT2D eigenvalue weighted by Gasteiger charge is -2.12. The van der Waals surface area contributed by atoms with Crippen molar-refractivity contribution in [3.63, 3.8) is 0 Å². The van der Waals surface area contributed by atoms with Crippen LogP contribution in [0.1, 0.15) is 10.4 Å². The zero-order chi connectivity index (χ0) is 17.3. The highest BCUT2D eigenvalue weighted by atomic mass is 35.5. The SMILES string of the molecule is COC(=O)c1ccc2ncc(Cl)c(-c3ccc(OC)cc3F)c2c1. The number of rotatable bonds is 3. The summed E-state index contributed by atoms with van der Waals surface area (Å²) in [5.41, 5.74) is 1.70. The van der Waals surface area contributed by atoms with E-state index < -0.39 is 11.8 Å². The number of esters is 1. The van der Waals surface area contributed by atoms with E-state index in [1.165, 1.54) is 26.5 Å². The van der Waals surface area contributed by atoms with Gasteiger partial charge < -0.3 is 9.47 Å². The van der Waals surface area contributed by atoms with Crippen molar-refractivity contribution < 1.29 is 18.7 Å². The van der Waals surface area contributed by atoms with Gasteiger partial charge in [-0.15, -0.1) is 0 Å². The van der Waals surface area contributed by atoms with Gasteiger partial charge in [0.2, 0.25) is 0 Å². The van der Waals surface area contributed by atoms with E-state index in [0.29, 0.717) is 33.3 Å². The van der Waals surface area contributed by atoms with Crippen molar-refractivity contribution in [3.05, 3.63) is 59.0 Å². The van der Waals surface area contributed by atoms with E-state index in [-0.39, 0.29) is 5.02 Å². The molecule has 1 aromatic heterocycles. The summed E-state index contributed by atoms with van der Waals surface area (Å²) in [6.45, 7) is 0. The molecule has 0 atom stereocenters. The Morgan fingerprint density at radius 1 is 1.17 bits per heavy atom. The molecule has 0 spiro atoms. The van der Waals surface area contributed by atoms with Gasteiger partial charge >= 0.3 is 5.97 Å². The second kappa shape index (κ2) is 6.45. The van der Waals surface area contributed by atoms with Gasteiger partial charge in [0.25, 0.3) is 0 Å². The van der Waals surface area contributed by atoms with Crippen LogP contribution in [0.5, 0.6) is 5.75 Å². The number of carbonyl (C=O) groups is 1. The highest BCUT2D eigenvalue weighted by Gasteiger charge is 2.16. The molecule has 0 saturated carbocycles. The molecule has 0 amide bonds. The molecule has 0 N–H and O–H groups in total. The fourth-order valence-electron chi connectivity index (χ4n) is 2.51. The van der Waals surface area contributed by atoms with Gasteiger partial charge in [0.05, 0.1) is 30.3 Å². The van der Waals surface area contributed by atoms with Crippen molar-refractivity contribution >= 4 is 28.5 Å². The van der Waals surface area contributed by atoms with Crippen LogP contribution in [0.15, 0.2) is 42.6 Å². The van der Waals surface area contributed by atoms with Crippen molar-refractivity contribution in [2.45, 2.75) is 0 Å². The Kier molecular flexibility index (Phi) is 4.36. The highest BCUT2D eigenvalue weighted by Crippen LogP contribution is 2.37. The Morgan fingerprint density at radius 3 is 2.62 bits per heavy atom. The molecule has 0 aliphatic rings. The highest BCUT2D eigenvalue weighted by molar-refractivity contribution is 6.34. The average Bonchev–Trinajstić information content (AvgIpc) is 2.61. The molecule has 3 rings (SSSR count). The van der Waals surface area contributed by atoms with Crippen molar-refractivity contribution in [3.8, 4) is 16.9 Å². The summed E-state index contributed by atoms with van der Waals surface area (Å²) in [6, 6.07) is 9.37. The normalized spacial score (nSPS) is 10.7. The first-order valence-electron chi connectivity index (χ1n) is 7.05. The predicted molar refractivity (Wildman–Crippen MR) is 90.0 cm³/mol. The third-order valence-electron chi connectivity index (χ3n) is 3.69. The van der Waals surface area contributed by atoms with Gasteiger partial charge in [-0.3, -0.25) is 4.98 Å². The van der Waals surface area contributed by atoms with Crippen LogP contribution in [0.25, 0.3) is 22.0 Å². The van der Waals surface area contributed by atoms with Crippen molar-refractivity contribution in [2.24, 2.45) is 0 Å². The zero-order valence-corrected chi connectivity index (χ0v) is 13.7. The Morgan fingerprint density at radius 2 is 1.96 bits per heavy atom. The largest absolute Gasteiger partial charge is 0.497 e. The number of hydrogen-bond donors (Lipinski definition) is 0. The first-order chi connectivity index (χ1) is 11.5. The number of halogens is 2. The van der Waals surface area contributed by atoms with Crippen LogP contribution in [0.2, 0.25) is 5.02 Å². The fraction of sp³-hybridized carbons (Fsp3) is 0.111. The molecule has 0 unspecified atom stereocenters. The summed E-state index contributed by atoms with van der Waals surface area (Å²) >= 11 is 6.27. The Hall–Kier alpha value is -2.66. The number of methoxy groups -OCH3 is 2. The standard InChI is InChI=1S/C18H13ClFNO3/c1-23-11-4-5-12(15(20)8-11)17-13-7-10(18(22)24-2)3-6-16(13)21-9-14(17)19/h3-9H,1-2H3. The van der Waals surface area contributed by atoms with Crippen molar-refractivity contribution in [2.75, 3.05) is 14.2 Å². The van der Waals surface area contributed by atoms with E-state index in [4.69, 9.17) is 21.1 Å². The van der Waals surface area contributed by atoms with E-state index in [0.717, 1.165) is 0 Å². The molecule has 0 radical (unpaired) electrons. The number of fused-ring (bicyclic) bond motifs is 1. The maximum absolute atomic E-state index is 14.5. The Balaban J connectivity index is 2.30. The second-order valence-corrected chi connectivity index (χ2v) is 5.46. The lowest BCUT2D eigenvalue weighted by Crippen LogP contribution is -2.01. The number of aromatic nitrogens is 1. The molecule has 24 heavy (non-hydrogen) atoms. The summed E-state index contributed by atoms with van der Waals surface area (Å²) in [4.78, 5) is 16.0. The summed E-state index contributed by atoms with van der Waals surface area (Å²) in [5.74, 6) is -0.564. The lowest BCUT2D eigenvalue weighted by atomic mass is 9.99. The smallest absolute Gasteiger partial charge is 0.337 e. The zero-order valence-electron chi connectivity index (χ0n) is 13.0. The molecular weight excluding hydrogens is 333 g/mol. The van der Waals surface area contributed by atoms with E-state index in [9.17, 15) is 9.18 Å². The summed E-state index contributed by atoms with van der Waals surface area (Å²) in [6.07, 6.45) is 1.46. The molecule has 0 bridgehead atoms. The van der Waals surface area contributed by atoms with Crippen molar-refractivity contribution in [1.29, 1.82) is 0 Å².